The SMILES string of the molecule is Cc1nc2cc(C3CCCN3C(=O)C3CCN(CCC(N)=O)CC3)[nH]n2c(=O)c1C. The maximum atomic E-state index is 13.3. The molecule has 1 unspecified atom stereocenters. The molecular formula is C21H30N6O3. The Hall–Kier alpha value is -2.68. The number of aromatic nitrogens is 3. The Kier molecular flexibility index (Phi) is 5.64. The molecule has 9 heteroatoms. The summed E-state index contributed by atoms with van der Waals surface area (Å²) in [5.74, 6) is -0.0889. The molecule has 162 valence electrons. The number of primary amides is 1. The maximum absolute atomic E-state index is 13.3. The van der Waals surface area contributed by atoms with E-state index in [1.807, 2.05) is 17.9 Å². The van der Waals surface area contributed by atoms with Gasteiger partial charge in [0.25, 0.3) is 5.56 Å². The summed E-state index contributed by atoms with van der Waals surface area (Å²) in [7, 11) is 0. The van der Waals surface area contributed by atoms with Crippen LogP contribution in [0.15, 0.2) is 10.9 Å². The first-order chi connectivity index (χ1) is 14.3. The minimum Gasteiger partial charge on any atom is -0.370 e. The molecule has 2 saturated heterocycles. The van der Waals surface area contributed by atoms with Crippen molar-refractivity contribution >= 4 is 17.5 Å². The largest absolute Gasteiger partial charge is 0.370 e. The van der Waals surface area contributed by atoms with Crippen molar-refractivity contribution in [3.05, 3.63) is 33.4 Å². The van der Waals surface area contributed by atoms with Crippen LogP contribution < -0.4 is 11.3 Å². The van der Waals surface area contributed by atoms with E-state index in [9.17, 15) is 14.4 Å². The number of H-pyrrole nitrogens is 1. The van der Waals surface area contributed by atoms with Gasteiger partial charge in [0.2, 0.25) is 11.8 Å². The molecule has 2 aromatic rings. The zero-order valence-electron chi connectivity index (χ0n) is 17.7. The Labute approximate surface area is 175 Å². The van der Waals surface area contributed by atoms with Crippen LogP contribution in [0, 0.1) is 19.8 Å². The summed E-state index contributed by atoms with van der Waals surface area (Å²) in [6.07, 6.45) is 3.78. The van der Waals surface area contributed by atoms with Gasteiger partial charge in [-0.1, -0.05) is 0 Å². The van der Waals surface area contributed by atoms with Gasteiger partial charge in [-0.3, -0.25) is 19.5 Å². The number of carbonyl (C=O) groups is 2. The van der Waals surface area contributed by atoms with Crippen LogP contribution in [-0.4, -0.2) is 62.4 Å². The van der Waals surface area contributed by atoms with Crippen LogP contribution in [0.3, 0.4) is 0 Å². The Bertz CT molecular complexity index is 1020. The molecule has 2 aliphatic heterocycles. The summed E-state index contributed by atoms with van der Waals surface area (Å²) in [4.78, 5) is 45.5. The molecule has 30 heavy (non-hydrogen) atoms. The Morgan fingerprint density at radius 3 is 2.63 bits per heavy atom. The third-order valence-electron chi connectivity index (χ3n) is 6.61. The van der Waals surface area contributed by atoms with Crippen LogP contribution in [0.2, 0.25) is 0 Å². The number of hydrogen-bond donors (Lipinski definition) is 2. The molecule has 0 saturated carbocycles. The number of amides is 2. The van der Waals surface area contributed by atoms with Crippen LogP contribution in [-0.2, 0) is 9.59 Å². The minimum absolute atomic E-state index is 0.00476. The van der Waals surface area contributed by atoms with Crippen molar-refractivity contribution in [3.63, 3.8) is 0 Å². The highest BCUT2D eigenvalue weighted by molar-refractivity contribution is 5.79. The second kappa shape index (κ2) is 8.22. The van der Waals surface area contributed by atoms with E-state index in [1.54, 1.807) is 6.92 Å². The van der Waals surface area contributed by atoms with E-state index < -0.39 is 0 Å². The molecule has 2 fully saturated rings. The fourth-order valence-corrected chi connectivity index (χ4v) is 4.67. The van der Waals surface area contributed by atoms with E-state index in [2.05, 4.69) is 15.0 Å². The van der Waals surface area contributed by atoms with Crippen molar-refractivity contribution in [1.29, 1.82) is 0 Å². The molecule has 2 aliphatic rings. The van der Waals surface area contributed by atoms with Gasteiger partial charge in [-0.15, -0.1) is 0 Å². The van der Waals surface area contributed by atoms with E-state index in [0.717, 1.165) is 56.7 Å². The van der Waals surface area contributed by atoms with Crippen LogP contribution in [0.1, 0.15) is 55.1 Å². The third kappa shape index (κ3) is 3.86. The number of carbonyl (C=O) groups excluding carboxylic acids is 2. The number of nitrogens with one attached hydrogen (secondary N) is 1. The smallest absolute Gasteiger partial charge is 0.275 e. The first-order valence-electron chi connectivity index (χ1n) is 10.7. The third-order valence-corrected chi connectivity index (χ3v) is 6.61. The molecule has 4 heterocycles. The lowest BCUT2D eigenvalue weighted by Gasteiger charge is -2.34. The first kappa shape index (κ1) is 20.6. The fourth-order valence-electron chi connectivity index (χ4n) is 4.67. The van der Waals surface area contributed by atoms with Crippen molar-refractivity contribution in [1.82, 2.24) is 24.4 Å². The lowest BCUT2D eigenvalue weighted by atomic mass is 9.94. The van der Waals surface area contributed by atoms with Crippen molar-refractivity contribution in [2.75, 3.05) is 26.2 Å². The molecule has 2 aromatic heterocycles. The van der Waals surface area contributed by atoms with Gasteiger partial charge in [-0.25, -0.2) is 9.50 Å². The number of rotatable bonds is 5. The molecule has 1 atom stereocenters. The molecule has 0 aromatic carbocycles. The highest BCUT2D eigenvalue weighted by Crippen LogP contribution is 2.34. The number of aromatic amines is 1. The van der Waals surface area contributed by atoms with Crippen molar-refractivity contribution < 1.29 is 9.59 Å². The highest BCUT2D eigenvalue weighted by Gasteiger charge is 2.36. The van der Waals surface area contributed by atoms with Gasteiger partial charge in [-0.05, 0) is 52.6 Å². The molecule has 3 N–H and O–H groups in total. The van der Waals surface area contributed by atoms with Crippen LogP contribution in [0.4, 0.5) is 0 Å². The lowest BCUT2D eigenvalue weighted by molar-refractivity contribution is -0.138. The molecule has 0 bridgehead atoms. The number of likely N-dealkylation sites (tertiary alicyclic amines) is 2. The molecule has 0 aliphatic carbocycles. The van der Waals surface area contributed by atoms with E-state index in [4.69, 9.17) is 5.73 Å². The second-order valence-electron chi connectivity index (χ2n) is 8.55. The summed E-state index contributed by atoms with van der Waals surface area (Å²) >= 11 is 0. The number of piperidine rings is 1. The van der Waals surface area contributed by atoms with Gasteiger partial charge in [0.1, 0.15) is 0 Å². The summed E-state index contributed by atoms with van der Waals surface area (Å²) in [5.41, 5.74) is 7.97. The predicted octanol–water partition coefficient (Wildman–Crippen LogP) is 0.890. The highest BCUT2D eigenvalue weighted by atomic mass is 16.2. The van der Waals surface area contributed by atoms with Gasteiger partial charge in [0.15, 0.2) is 5.65 Å². The maximum Gasteiger partial charge on any atom is 0.275 e. The number of nitrogens with zero attached hydrogens (tertiary/aromatic N) is 4. The first-order valence-corrected chi connectivity index (χ1v) is 10.7. The number of fused-ring (bicyclic) bond motifs is 1. The van der Waals surface area contributed by atoms with Gasteiger partial charge in [0, 0.05) is 42.8 Å². The zero-order valence-corrected chi connectivity index (χ0v) is 17.7. The van der Waals surface area contributed by atoms with Gasteiger partial charge in [0.05, 0.1) is 11.7 Å². The Morgan fingerprint density at radius 2 is 1.93 bits per heavy atom. The van der Waals surface area contributed by atoms with Crippen LogP contribution in [0.25, 0.3) is 5.65 Å². The molecule has 4 rings (SSSR count). The van der Waals surface area contributed by atoms with Gasteiger partial charge in [-0.2, -0.15) is 0 Å². The average molecular weight is 415 g/mol. The molecule has 9 nitrogen and oxygen atoms in total. The predicted molar refractivity (Wildman–Crippen MR) is 112 cm³/mol. The molecule has 0 radical (unpaired) electrons. The number of nitrogens with two attached hydrogens (primary N) is 1. The number of aryl methyl sites for hydroxylation is 1. The summed E-state index contributed by atoms with van der Waals surface area (Å²) in [5, 5.41) is 3.19. The zero-order chi connectivity index (χ0) is 21.4. The lowest BCUT2D eigenvalue weighted by Crippen LogP contribution is -2.43. The van der Waals surface area contributed by atoms with E-state index >= 15 is 0 Å². The van der Waals surface area contributed by atoms with Crippen molar-refractivity contribution in [3.8, 4) is 0 Å². The fraction of sp³-hybridized carbons (Fsp3) is 0.619. The topological polar surface area (TPSA) is 117 Å². The molecular weight excluding hydrogens is 384 g/mol. The van der Waals surface area contributed by atoms with Crippen LogP contribution >= 0.6 is 0 Å². The summed E-state index contributed by atoms with van der Waals surface area (Å²) < 4.78 is 1.48. The number of hydrogen-bond acceptors (Lipinski definition) is 5. The van der Waals surface area contributed by atoms with Gasteiger partial charge < -0.3 is 15.5 Å². The van der Waals surface area contributed by atoms with E-state index in [1.165, 1.54) is 4.52 Å². The average Bonchev–Trinajstić information content (AvgIpc) is 3.37. The van der Waals surface area contributed by atoms with Gasteiger partial charge >= 0.3 is 0 Å². The van der Waals surface area contributed by atoms with E-state index in [0.29, 0.717) is 24.2 Å². The molecule has 2 amide bonds. The normalized spacial score (nSPS) is 20.9. The molecule has 0 spiro atoms. The Morgan fingerprint density at radius 1 is 1.20 bits per heavy atom. The summed E-state index contributed by atoms with van der Waals surface area (Å²) in [6.45, 7) is 6.64. The Balaban J connectivity index is 1.47. The van der Waals surface area contributed by atoms with Crippen molar-refractivity contribution in [2.24, 2.45) is 11.7 Å². The monoisotopic (exact) mass is 414 g/mol. The standard InChI is InChI=1S/C21H30N6O3/c1-13-14(2)23-19-12-16(24-27(19)20(13)29)17-4-3-8-26(17)21(30)15-5-9-25(10-6-15)11-7-18(22)28/h12,15,17,24H,3-11H2,1-2H3,(H2,22,28). The summed E-state index contributed by atoms with van der Waals surface area (Å²) in [6, 6.07) is 1.85. The minimum atomic E-state index is -0.287. The quantitative estimate of drug-likeness (QED) is 0.754. The van der Waals surface area contributed by atoms with Crippen molar-refractivity contribution in [2.45, 2.75) is 52.0 Å². The second-order valence-corrected chi connectivity index (χ2v) is 8.55. The van der Waals surface area contributed by atoms with E-state index in [-0.39, 0.29) is 29.3 Å². The van der Waals surface area contributed by atoms with Crippen LogP contribution in [0.5, 0.6) is 0 Å².